The van der Waals surface area contributed by atoms with Crippen LogP contribution in [0.15, 0.2) is 22.8 Å². The van der Waals surface area contributed by atoms with Gasteiger partial charge < -0.3 is 0 Å². The van der Waals surface area contributed by atoms with E-state index in [1.54, 1.807) is 19.2 Å². The second-order valence-corrected chi connectivity index (χ2v) is 6.30. The van der Waals surface area contributed by atoms with E-state index in [2.05, 4.69) is 42.2 Å². The highest BCUT2D eigenvalue weighted by Crippen LogP contribution is 2.32. The molecule has 100 valence electrons. The number of rotatable bonds is 3. The van der Waals surface area contributed by atoms with E-state index >= 15 is 0 Å². The average molecular weight is 390 g/mol. The van der Waals surface area contributed by atoms with Gasteiger partial charge in [0, 0.05) is 6.07 Å². The molecule has 1 atom stereocenters. The van der Waals surface area contributed by atoms with E-state index in [4.69, 9.17) is 0 Å². The molecular formula is C11H10Br2N4O2. The predicted octanol–water partition coefficient (Wildman–Crippen LogP) is 3.70. The lowest BCUT2D eigenvalue weighted by atomic mass is 10.2. The van der Waals surface area contributed by atoms with Gasteiger partial charge in [-0.25, -0.2) is 4.68 Å². The number of hydrogen-bond donors (Lipinski definition) is 0. The van der Waals surface area contributed by atoms with Crippen molar-refractivity contribution in [2.45, 2.75) is 18.7 Å². The Bertz CT molecular complexity index is 640. The Hall–Kier alpha value is -1.28. The smallest absolute Gasteiger partial charge is 0.258 e. The molecule has 2 rings (SSSR count). The third kappa shape index (κ3) is 2.84. The van der Waals surface area contributed by atoms with Crippen LogP contribution in [0.1, 0.15) is 23.0 Å². The van der Waals surface area contributed by atoms with E-state index in [1.165, 1.54) is 10.7 Å². The zero-order valence-electron chi connectivity index (χ0n) is 10.2. The number of nitro benzene ring substituents is 1. The fourth-order valence-corrected chi connectivity index (χ4v) is 2.61. The third-order valence-electron chi connectivity index (χ3n) is 2.53. The molecular weight excluding hydrogens is 380 g/mol. The molecule has 0 spiro atoms. The van der Waals surface area contributed by atoms with Gasteiger partial charge in [0.15, 0.2) is 5.69 Å². The molecule has 1 heterocycles. The molecule has 0 N–H and O–H groups in total. The van der Waals surface area contributed by atoms with Crippen LogP contribution in [0.3, 0.4) is 0 Å². The fraction of sp³-hybridized carbons (Fsp3) is 0.273. The van der Waals surface area contributed by atoms with Gasteiger partial charge in [0.2, 0.25) is 0 Å². The first kappa shape index (κ1) is 14.1. The molecule has 19 heavy (non-hydrogen) atoms. The van der Waals surface area contributed by atoms with Crippen LogP contribution in [0.4, 0.5) is 5.69 Å². The van der Waals surface area contributed by atoms with Crippen LogP contribution < -0.4 is 0 Å². The maximum atomic E-state index is 11.2. The summed E-state index contributed by atoms with van der Waals surface area (Å²) in [6.07, 6.45) is 1.67. The first-order valence-corrected chi connectivity index (χ1v) is 7.12. The van der Waals surface area contributed by atoms with E-state index in [0.29, 0.717) is 15.9 Å². The Morgan fingerprint density at radius 1 is 1.47 bits per heavy atom. The van der Waals surface area contributed by atoms with Crippen molar-refractivity contribution >= 4 is 37.5 Å². The van der Waals surface area contributed by atoms with Gasteiger partial charge in [0.1, 0.15) is 0 Å². The fourth-order valence-electron chi connectivity index (χ4n) is 1.65. The predicted molar refractivity (Wildman–Crippen MR) is 77.8 cm³/mol. The van der Waals surface area contributed by atoms with E-state index in [0.717, 1.165) is 5.56 Å². The number of alkyl halides is 1. The normalized spacial score (nSPS) is 12.4. The molecule has 0 aliphatic heterocycles. The second kappa shape index (κ2) is 5.38. The van der Waals surface area contributed by atoms with Crippen molar-refractivity contribution in [2.75, 3.05) is 0 Å². The summed E-state index contributed by atoms with van der Waals surface area (Å²) >= 11 is 6.73. The van der Waals surface area contributed by atoms with E-state index in [-0.39, 0.29) is 10.5 Å². The number of benzene rings is 1. The van der Waals surface area contributed by atoms with Crippen molar-refractivity contribution in [3.8, 4) is 5.69 Å². The third-order valence-corrected chi connectivity index (χ3v) is 3.61. The van der Waals surface area contributed by atoms with Crippen molar-refractivity contribution in [3.63, 3.8) is 0 Å². The summed E-state index contributed by atoms with van der Waals surface area (Å²) in [6.45, 7) is 3.71. The molecule has 1 aromatic carbocycles. The first-order chi connectivity index (χ1) is 8.90. The number of nitro groups is 1. The summed E-state index contributed by atoms with van der Waals surface area (Å²) in [5.41, 5.74) is 1.88. The summed E-state index contributed by atoms with van der Waals surface area (Å²) in [4.78, 5) is 10.8. The van der Waals surface area contributed by atoms with Gasteiger partial charge in [-0.1, -0.05) is 21.1 Å². The number of halogens is 2. The van der Waals surface area contributed by atoms with Gasteiger partial charge in [0.05, 0.1) is 26.1 Å². The number of hydrogen-bond acceptors (Lipinski definition) is 4. The lowest BCUT2D eigenvalue weighted by Gasteiger charge is -2.06. The van der Waals surface area contributed by atoms with Crippen LogP contribution >= 0.6 is 31.9 Å². The SMILES string of the molecule is Cc1cc(Br)c(-n2cc(C(C)Br)nn2)c([N+](=O)[O-])c1. The Morgan fingerprint density at radius 2 is 2.16 bits per heavy atom. The molecule has 0 aliphatic carbocycles. The van der Waals surface area contributed by atoms with E-state index in [1.807, 2.05) is 6.92 Å². The minimum atomic E-state index is -0.425. The molecule has 6 nitrogen and oxygen atoms in total. The van der Waals surface area contributed by atoms with Crippen LogP contribution in [0.25, 0.3) is 5.69 Å². The standard InChI is InChI=1S/C11H10Br2N4O2/c1-6-3-8(13)11(10(4-6)17(18)19)16-5-9(7(2)12)14-15-16/h3-5,7H,1-2H3. The molecule has 0 fully saturated rings. The van der Waals surface area contributed by atoms with Gasteiger partial charge >= 0.3 is 0 Å². The summed E-state index contributed by atoms with van der Waals surface area (Å²) < 4.78 is 2.02. The van der Waals surface area contributed by atoms with Crippen LogP contribution in [-0.2, 0) is 0 Å². The van der Waals surface area contributed by atoms with Gasteiger partial charge in [-0.05, 0) is 41.4 Å². The molecule has 1 unspecified atom stereocenters. The van der Waals surface area contributed by atoms with E-state index < -0.39 is 4.92 Å². The van der Waals surface area contributed by atoms with Crippen LogP contribution in [0.2, 0.25) is 0 Å². The maximum absolute atomic E-state index is 11.2. The van der Waals surface area contributed by atoms with Gasteiger partial charge in [-0.3, -0.25) is 10.1 Å². The maximum Gasteiger partial charge on any atom is 0.296 e. The Kier molecular flexibility index (Phi) is 4.00. The highest BCUT2D eigenvalue weighted by molar-refractivity contribution is 9.10. The van der Waals surface area contributed by atoms with Gasteiger partial charge in [-0.15, -0.1) is 5.10 Å². The Labute approximate surface area is 126 Å². The topological polar surface area (TPSA) is 73.8 Å². The molecule has 0 amide bonds. The zero-order valence-corrected chi connectivity index (χ0v) is 13.3. The highest BCUT2D eigenvalue weighted by Gasteiger charge is 2.21. The average Bonchev–Trinajstić information content (AvgIpc) is 2.76. The number of aryl methyl sites for hydroxylation is 1. The lowest BCUT2D eigenvalue weighted by Crippen LogP contribution is -2.02. The lowest BCUT2D eigenvalue weighted by molar-refractivity contribution is -0.384. The quantitative estimate of drug-likeness (QED) is 0.455. The minimum Gasteiger partial charge on any atom is -0.258 e. The summed E-state index contributed by atoms with van der Waals surface area (Å²) in [5, 5.41) is 19.1. The van der Waals surface area contributed by atoms with E-state index in [9.17, 15) is 10.1 Å². The summed E-state index contributed by atoms with van der Waals surface area (Å²) in [6, 6.07) is 3.32. The molecule has 0 aliphatic rings. The van der Waals surface area contributed by atoms with Crippen molar-refractivity contribution in [1.82, 2.24) is 15.0 Å². The molecule has 0 saturated heterocycles. The van der Waals surface area contributed by atoms with Crippen LogP contribution in [-0.4, -0.2) is 19.9 Å². The summed E-state index contributed by atoms with van der Waals surface area (Å²) in [5.74, 6) is 0. The zero-order chi connectivity index (χ0) is 14.2. The number of nitrogens with zero attached hydrogens (tertiary/aromatic N) is 4. The summed E-state index contributed by atoms with van der Waals surface area (Å²) in [7, 11) is 0. The molecule has 0 radical (unpaired) electrons. The molecule has 0 saturated carbocycles. The largest absolute Gasteiger partial charge is 0.296 e. The molecule has 8 heteroatoms. The Balaban J connectivity index is 2.63. The molecule has 0 bridgehead atoms. The molecule has 1 aromatic heterocycles. The monoisotopic (exact) mass is 388 g/mol. The minimum absolute atomic E-state index is 0.00875. The Morgan fingerprint density at radius 3 is 2.68 bits per heavy atom. The first-order valence-electron chi connectivity index (χ1n) is 5.41. The number of aromatic nitrogens is 3. The van der Waals surface area contributed by atoms with Crippen molar-refractivity contribution in [2.24, 2.45) is 0 Å². The van der Waals surface area contributed by atoms with Crippen LogP contribution in [0, 0.1) is 17.0 Å². The van der Waals surface area contributed by atoms with Crippen molar-refractivity contribution in [1.29, 1.82) is 0 Å². The van der Waals surface area contributed by atoms with Gasteiger partial charge in [-0.2, -0.15) is 0 Å². The van der Waals surface area contributed by atoms with Crippen molar-refractivity contribution in [3.05, 3.63) is 44.2 Å². The van der Waals surface area contributed by atoms with Gasteiger partial charge in [0.25, 0.3) is 5.69 Å². The van der Waals surface area contributed by atoms with Crippen molar-refractivity contribution < 1.29 is 4.92 Å². The second-order valence-electron chi connectivity index (χ2n) is 4.08. The molecule has 2 aromatic rings. The highest BCUT2D eigenvalue weighted by atomic mass is 79.9. The van der Waals surface area contributed by atoms with Crippen LogP contribution in [0.5, 0.6) is 0 Å².